The smallest absolute Gasteiger partial charge is 0.407 e. The highest BCUT2D eigenvalue weighted by atomic mass is 32.2. The minimum Gasteiger partial charge on any atom is -0.446 e. The van der Waals surface area contributed by atoms with Gasteiger partial charge in [-0.3, -0.25) is 0 Å². The Labute approximate surface area is 197 Å². The number of carbonyl (C=O) groups is 1. The minimum atomic E-state index is -3.98. The van der Waals surface area contributed by atoms with E-state index in [1.165, 1.54) is 44.2 Å². The monoisotopic (exact) mass is 489 g/mol. The molecule has 1 spiro atoms. The van der Waals surface area contributed by atoms with E-state index < -0.39 is 15.8 Å². The first-order valence-electron chi connectivity index (χ1n) is 11.5. The van der Waals surface area contributed by atoms with E-state index in [-0.39, 0.29) is 34.6 Å². The number of sulfonamides is 1. The van der Waals surface area contributed by atoms with Crippen LogP contribution in [0.4, 0.5) is 20.8 Å². The van der Waals surface area contributed by atoms with E-state index >= 15 is 0 Å². The SMILES string of the molecule is NS(=O)(=O)c1ccc(Nc2ncc(C3CC(OC(=O)NCC4CCC5(CC5)C4)C3)cn2)c(F)c1. The van der Waals surface area contributed by atoms with Gasteiger partial charge in [-0.05, 0) is 86.0 Å². The number of hydrogen-bond acceptors (Lipinski definition) is 7. The van der Waals surface area contributed by atoms with Crippen molar-refractivity contribution in [3.8, 4) is 0 Å². The first-order chi connectivity index (χ1) is 16.2. The average Bonchev–Trinajstić information content (AvgIpc) is 3.40. The third-order valence-electron chi connectivity index (χ3n) is 7.32. The quantitative estimate of drug-likeness (QED) is 0.541. The number of benzene rings is 1. The molecule has 9 nitrogen and oxygen atoms in total. The molecule has 4 N–H and O–H groups in total. The third-order valence-corrected chi connectivity index (χ3v) is 8.24. The molecule has 1 aromatic carbocycles. The predicted octanol–water partition coefficient (Wildman–Crippen LogP) is 3.56. The van der Waals surface area contributed by atoms with Crippen molar-refractivity contribution >= 4 is 27.8 Å². The predicted molar refractivity (Wildman–Crippen MR) is 122 cm³/mol. The van der Waals surface area contributed by atoms with Gasteiger partial charge in [0.05, 0.1) is 10.6 Å². The summed E-state index contributed by atoms with van der Waals surface area (Å²) in [5.74, 6) is 0.171. The first-order valence-corrected chi connectivity index (χ1v) is 13.1. The Morgan fingerprint density at radius 3 is 2.56 bits per heavy atom. The second-order valence-electron chi connectivity index (χ2n) is 9.84. The van der Waals surface area contributed by atoms with Gasteiger partial charge in [-0.15, -0.1) is 0 Å². The Hall–Kier alpha value is -2.79. The van der Waals surface area contributed by atoms with E-state index in [0.29, 0.717) is 30.7 Å². The van der Waals surface area contributed by atoms with Crippen molar-refractivity contribution in [1.82, 2.24) is 15.3 Å². The van der Waals surface area contributed by atoms with Crippen LogP contribution in [0.25, 0.3) is 0 Å². The summed E-state index contributed by atoms with van der Waals surface area (Å²) in [6.45, 7) is 0.699. The van der Waals surface area contributed by atoms with E-state index in [0.717, 1.165) is 11.6 Å². The largest absolute Gasteiger partial charge is 0.446 e. The van der Waals surface area contributed by atoms with Crippen LogP contribution in [-0.4, -0.2) is 37.1 Å². The van der Waals surface area contributed by atoms with Gasteiger partial charge in [0.15, 0.2) is 0 Å². The maximum Gasteiger partial charge on any atom is 0.407 e. The van der Waals surface area contributed by atoms with Crippen molar-refractivity contribution in [2.24, 2.45) is 16.5 Å². The number of halogens is 1. The third kappa shape index (κ3) is 5.15. The highest BCUT2D eigenvalue weighted by Crippen LogP contribution is 2.59. The summed E-state index contributed by atoms with van der Waals surface area (Å²) >= 11 is 0. The van der Waals surface area contributed by atoms with Crippen molar-refractivity contribution in [3.05, 3.63) is 42.0 Å². The second-order valence-corrected chi connectivity index (χ2v) is 11.4. The molecule has 1 aromatic heterocycles. The average molecular weight is 490 g/mol. The Balaban J connectivity index is 1.06. The molecule has 0 radical (unpaired) electrons. The van der Waals surface area contributed by atoms with Crippen LogP contribution in [0, 0.1) is 17.2 Å². The van der Waals surface area contributed by atoms with Crippen LogP contribution < -0.4 is 15.8 Å². The molecule has 0 bridgehead atoms. The lowest BCUT2D eigenvalue weighted by Crippen LogP contribution is -2.37. The number of nitrogens with two attached hydrogens (primary N) is 1. The second kappa shape index (κ2) is 8.77. The molecule has 1 unspecified atom stereocenters. The molecule has 3 saturated carbocycles. The maximum absolute atomic E-state index is 14.2. The number of primary sulfonamides is 1. The van der Waals surface area contributed by atoms with E-state index in [2.05, 4.69) is 20.6 Å². The number of rotatable bonds is 7. The summed E-state index contributed by atoms with van der Waals surface area (Å²) in [6, 6.07) is 3.31. The molecular weight excluding hydrogens is 461 g/mol. The molecule has 3 aliphatic rings. The van der Waals surface area contributed by atoms with Gasteiger partial charge in [-0.25, -0.2) is 32.7 Å². The fourth-order valence-electron chi connectivity index (χ4n) is 4.99. The molecule has 0 saturated heterocycles. The summed E-state index contributed by atoms with van der Waals surface area (Å²) in [4.78, 5) is 20.2. The van der Waals surface area contributed by atoms with Crippen LogP contribution in [0.2, 0.25) is 0 Å². The number of ether oxygens (including phenoxy) is 1. The molecule has 1 heterocycles. The Kier molecular flexibility index (Phi) is 5.93. The van der Waals surface area contributed by atoms with Crippen molar-refractivity contribution in [3.63, 3.8) is 0 Å². The van der Waals surface area contributed by atoms with Gasteiger partial charge >= 0.3 is 6.09 Å². The normalized spacial score (nSPS) is 24.9. The van der Waals surface area contributed by atoms with E-state index in [9.17, 15) is 17.6 Å². The minimum absolute atomic E-state index is 0.0353. The van der Waals surface area contributed by atoms with Crippen LogP contribution in [0.3, 0.4) is 0 Å². The van der Waals surface area contributed by atoms with Crippen molar-refractivity contribution < 1.29 is 22.3 Å². The van der Waals surface area contributed by atoms with Crippen LogP contribution in [-0.2, 0) is 14.8 Å². The zero-order chi connectivity index (χ0) is 23.9. The molecule has 3 fully saturated rings. The molecule has 182 valence electrons. The lowest BCUT2D eigenvalue weighted by Gasteiger charge is -2.34. The number of alkyl carbamates (subject to hydrolysis) is 1. The van der Waals surface area contributed by atoms with Crippen molar-refractivity contribution in [2.75, 3.05) is 11.9 Å². The van der Waals surface area contributed by atoms with Gasteiger partial charge in [0.2, 0.25) is 16.0 Å². The molecule has 1 amide bonds. The topological polar surface area (TPSA) is 136 Å². The van der Waals surface area contributed by atoms with E-state index in [1.807, 2.05) is 0 Å². The van der Waals surface area contributed by atoms with Gasteiger partial charge in [0, 0.05) is 18.9 Å². The number of nitrogens with zero attached hydrogens (tertiary/aromatic N) is 2. The van der Waals surface area contributed by atoms with Crippen molar-refractivity contribution in [2.45, 2.75) is 61.9 Å². The maximum atomic E-state index is 14.2. The lowest BCUT2D eigenvalue weighted by atomic mass is 9.78. The first kappa shape index (κ1) is 23.0. The van der Waals surface area contributed by atoms with Gasteiger partial charge in [0.1, 0.15) is 11.9 Å². The number of aromatic nitrogens is 2. The Morgan fingerprint density at radius 2 is 1.94 bits per heavy atom. The molecule has 3 aliphatic carbocycles. The number of amides is 1. The molecule has 0 aliphatic heterocycles. The van der Waals surface area contributed by atoms with Crippen LogP contribution in [0.1, 0.15) is 56.4 Å². The van der Waals surface area contributed by atoms with Crippen LogP contribution in [0.5, 0.6) is 0 Å². The molecule has 2 aromatic rings. The van der Waals surface area contributed by atoms with Gasteiger partial charge in [0.25, 0.3) is 0 Å². The van der Waals surface area contributed by atoms with Gasteiger partial charge in [-0.1, -0.05) is 0 Å². The summed E-state index contributed by atoms with van der Waals surface area (Å²) in [5.41, 5.74) is 1.56. The summed E-state index contributed by atoms with van der Waals surface area (Å²) in [7, 11) is -3.98. The van der Waals surface area contributed by atoms with Crippen LogP contribution >= 0.6 is 0 Å². The standard InChI is InChI=1S/C23H28FN5O4S/c24-19-9-18(34(25,31)32)1-2-20(19)29-21-26-12-16(13-27-21)15-7-17(8-15)33-22(30)28-11-14-3-4-23(10-14)5-6-23/h1-2,9,12-15,17H,3-8,10-11H2,(H,28,30)(H2,25,31,32)(H,26,27,29). The van der Waals surface area contributed by atoms with E-state index in [4.69, 9.17) is 9.88 Å². The summed E-state index contributed by atoms with van der Waals surface area (Å²) < 4.78 is 42.3. The van der Waals surface area contributed by atoms with Crippen molar-refractivity contribution in [1.29, 1.82) is 0 Å². The van der Waals surface area contributed by atoms with Crippen LogP contribution in [0.15, 0.2) is 35.5 Å². The Morgan fingerprint density at radius 1 is 1.21 bits per heavy atom. The zero-order valence-electron chi connectivity index (χ0n) is 18.7. The fourth-order valence-corrected chi connectivity index (χ4v) is 5.52. The van der Waals surface area contributed by atoms with Gasteiger partial charge < -0.3 is 15.4 Å². The summed E-state index contributed by atoms with van der Waals surface area (Å²) in [6.07, 6.45) is 10.7. The Bertz CT molecular complexity index is 1180. The number of carbonyl (C=O) groups excluding carboxylic acids is 1. The molecule has 1 atom stereocenters. The molecule has 11 heteroatoms. The van der Waals surface area contributed by atoms with Gasteiger partial charge in [-0.2, -0.15) is 0 Å². The number of hydrogen-bond donors (Lipinski definition) is 3. The fraction of sp³-hybridized carbons (Fsp3) is 0.522. The highest BCUT2D eigenvalue weighted by Gasteiger charge is 2.47. The molecular formula is C23H28FN5O4S. The highest BCUT2D eigenvalue weighted by molar-refractivity contribution is 7.89. The lowest BCUT2D eigenvalue weighted by molar-refractivity contribution is 0.0387. The number of nitrogens with one attached hydrogen (secondary N) is 2. The zero-order valence-corrected chi connectivity index (χ0v) is 19.5. The molecule has 5 rings (SSSR count). The number of anilines is 2. The summed E-state index contributed by atoms with van der Waals surface area (Å²) in [5, 5.41) is 10.7. The molecule has 34 heavy (non-hydrogen) atoms. The van der Waals surface area contributed by atoms with E-state index in [1.54, 1.807) is 12.4 Å².